The van der Waals surface area contributed by atoms with Gasteiger partial charge in [-0.1, -0.05) is 140 Å². The Bertz CT molecular complexity index is 1760. The molecule has 0 heterocycles. The molecule has 7 rings (SSSR count). The van der Waals surface area contributed by atoms with Gasteiger partial charge in [0.1, 0.15) is 11.5 Å². The normalized spacial score (nSPS) is 14.0. The standard InChI is InChI=1S/C39H29OP/c1-5-15-29(16-6-1)37-27-30-17-13-14-24-35(30)39(37)36-26-25-32(40-31-18-7-2-8-19-31)28-38(36)41(33-20-9-3-10-21-33)34-22-11-4-12-23-34/h1-28,39H. The van der Waals surface area contributed by atoms with E-state index in [1.165, 1.54) is 43.7 Å². The molecular weight excluding hydrogens is 515 g/mol. The van der Waals surface area contributed by atoms with E-state index in [2.05, 4.69) is 140 Å². The van der Waals surface area contributed by atoms with E-state index in [9.17, 15) is 0 Å². The smallest absolute Gasteiger partial charge is 0.128 e. The lowest BCUT2D eigenvalue weighted by Crippen LogP contribution is -2.25. The van der Waals surface area contributed by atoms with Crippen LogP contribution in [0.5, 0.6) is 11.5 Å². The van der Waals surface area contributed by atoms with Crippen LogP contribution in [0, 0.1) is 0 Å². The monoisotopic (exact) mass is 544 g/mol. The van der Waals surface area contributed by atoms with Crippen LogP contribution in [0.1, 0.15) is 28.2 Å². The van der Waals surface area contributed by atoms with Crippen LogP contribution in [0.25, 0.3) is 11.6 Å². The van der Waals surface area contributed by atoms with Gasteiger partial charge in [-0.15, -0.1) is 0 Å². The van der Waals surface area contributed by atoms with Crippen LogP contribution < -0.4 is 20.7 Å². The minimum atomic E-state index is -0.858. The summed E-state index contributed by atoms with van der Waals surface area (Å²) in [6.07, 6.45) is 2.38. The Balaban J connectivity index is 1.46. The average molecular weight is 545 g/mol. The molecule has 41 heavy (non-hydrogen) atoms. The number of allylic oxidation sites excluding steroid dienone is 1. The molecule has 1 unspecified atom stereocenters. The molecule has 0 fully saturated rings. The molecule has 0 saturated heterocycles. The molecule has 0 bridgehead atoms. The van der Waals surface area contributed by atoms with E-state index >= 15 is 0 Å². The Hall–Kier alpha value is -4.71. The third-order valence-corrected chi connectivity index (χ3v) is 10.1. The van der Waals surface area contributed by atoms with Gasteiger partial charge in [0.05, 0.1) is 0 Å². The highest BCUT2D eigenvalue weighted by Crippen LogP contribution is 2.48. The second kappa shape index (κ2) is 11.4. The summed E-state index contributed by atoms with van der Waals surface area (Å²) in [7, 11) is -0.858. The maximum atomic E-state index is 6.44. The maximum absolute atomic E-state index is 6.44. The van der Waals surface area contributed by atoms with Gasteiger partial charge in [-0.2, -0.15) is 0 Å². The first-order chi connectivity index (χ1) is 20.3. The lowest BCUT2D eigenvalue weighted by atomic mass is 9.85. The van der Waals surface area contributed by atoms with E-state index in [4.69, 9.17) is 4.74 Å². The maximum Gasteiger partial charge on any atom is 0.128 e. The van der Waals surface area contributed by atoms with Crippen molar-refractivity contribution in [2.24, 2.45) is 0 Å². The van der Waals surface area contributed by atoms with E-state index in [1.807, 2.05) is 30.3 Å². The van der Waals surface area contributed by atoms with Crippen molar-refractivity contribution in [3.8, 4) is 11.5 Å². The van der Waals surface area contributed by atoms with Crippen LogP contribution in [0.15, 0.2) is 164 Å². The number of hydrogen-bond acceptors (Lipinski definition) is 1. The predicted molar refractivity (Wildman–Crippen MR) is 174 cm³/mol. The molecule has 196 valence electrons. The van der Waals surface area contributed by atoms with Crippen molar-refractivity contribution in [1.29, 1.82) is 0 Å². The summed E-state index contributed by atoms with van der Waals surface area (Å²) < 4.78 is 6.44. The number of fused-ring (bicyclic) bond motifs is 1. The Morgan fingerprint density at radius 1 is 0.463 bits per heavy atom. The van der Waals surface area contributed by atoms with E-state index in [1.54, 1.807) is 0 Å². The minimum absolute atomic E-state index is 0.117. The minimum Gasteiger partial charge on any atom is -0.457 e. The highest BCUT2D eigenvalue weighted by molar-refractivity contribution is 7.79. The van der Waals surface area contributed by atoms with Crippen LogP contribution in [-0.4, -0.2) is 0 Å². The fraction of sp³-hybridized carbons (Fsp3) is 0.0256. The van der Waals surface area contributed by atoms with E-state index in [0.29, 0.717) is 0 Å². The van der Waals surface area contributed by atoms with Gasteiger partial charge >= 0.3 is 0 Å². The van der Waals surface area contributed by atoms with Crippen molar-refractivity contribution in [2.75, 3.05) is 0 Å². The predicted octanol–water partition coefficient (Wildman–Crippen LogP) is 8.92. The van der Waals surface area contributed by atoms with Gasteiger partial charge in [0.2, 0.25) is 0 Å². The Labute approximate surface area is 243 Å². The Morgan fingerprint density at radius 3 is 1.68 bits per heavy atom. The quantitative estimate of drug-likeness (QED) is 0.182. The molecule has 2 heteroatoms. The van der Waals surface area contributed by atoms with Crippen molar-refractivity contribution in [3.05, 3.63) is 186 Å². The summed E-state index contributed by atoms with van der Waals surface area (Å²) in [6.45, 7) is 0. The number of ether oxygens (including phenoxy) is 1. The van der Waals surface area contributed by atoms with Crippen LogP contribution >= 0.6 is 7.92 Å². The number of hydrogen-bond donors (Lipinski definition) is 0. The first kappa shape index (κ1) is 25.3. The van der Waals surface area contributed by atoms with Crippen LogP contribution in [0.4, 0.5) is 0 Å². The Kier molecular flexibility index (Phi) is 7.04. The second-order valence-electron chi connectivity index (χ2n) is 10.2. The van der Waals surface area contributed by atoms with Gasteiger partial charge < -0.3 is 4.74 Å². The summed E-state index contributed by atoms with van der Waals surface area (Å²) >= 11 is 0. The first-order valence-electron chi connectivity index (χ1n) is 14.0. The number of para-hydroxylation sites is 1. The average Bonchev–Trinajstić information content (AvgIpc) is 3.43. The lowest BCUT2D eigenvalue weighted by Gasteiger charge is -2.27. The number of benzene rings is 6. The molecule has 0 aromatic heterocycles. The van der Waals surface area contributed by atoms with E-state index < -0.39 is 7.92 Å². The SMILES string of the molecule is C1=C(c2ccccc2)C(c2ccc(Oc3ccccc3)cc2P(c2ccccc2)c2ccccc2)c2ccccc21. The van der Waals surface area contributed by atoms with Gasteiger partial charge in [-0.3, -0.25) is 0 Å². The van der Waals surface area contributed by atoms with Gasteiger partial charge in [-0.25, -0.2) is 0 Å². The van der Waals surface area contributed by atoms with Crippen molar-refractivity contribution in [3.63, 3.8) is 0 Å². The van der Waals surface area contributed by atoms with Crippen LogP contribution in [0.2, 0.25) is 0 Å². The van der Waals surface area contributed by atoms with Crippen LogP contribution in [-0.2, 0) is 0 Å². The lowest BCUT2D eigenvalue weighted by molar-refractivity contribution is 0.483. The summed E-state index contributed by atoms with van der Waals surface area (Å²) in [5, 5.41) is 3.96. The zero-order valence-electron chi connectivity index (χ0n) is 22.6. The fourth-order valence-corrected chi connectivity index (χ4v) is 8.28. The molecule has 1 aliphatic carbocycles. The van der Waals surface area contributed by atoms with E-state index in [0.717, 1.165) is 11.5 Å². The van der Waals surface area contributed by atoms with Gasteiger partial charge in [0, 0.05) is 5.92 Å². The van der Waals surface area contributed by atoms with Crippen molar-refractivity contribution < 1.29 is 4.74 Å². The van der Waals surface area contributed by atoms with Gasteiger partial charge in [-0.05, 0) is 82.0 Å². The zero-order valence-corrected chi connectivity index (χ0v) is 23.5. The second-order valence-corrected chi connectivity index (χ2v) is 12.4. The molecule has 1 aliphatic rings. The van der Waals surface area contributed by atoms with Crippen molar-refractivity contribution in [2.45, 2.75) is 5.92 Å². The third kappa shape index (κ3) is 5.13. The number of rotatable bonds is 7. The molecule has 6 aromatic rings. The highest BCUT2D eigenvalue weighted by Gasteiger charge is 2.32. The first-order valence-corrected chi connectivity index (χ1v) is 15.3. The molecule has 1 atom stereocenters. The molecule has 0 N–H and O–H groups in total. The van der Waals surface area contributed by atoms with Crippen molar-refractivity contribution >= 4 is 35.5 Å². The fourth-order valence-electron chi connectivity index (χ4n) is 5.77. The van der Waals surface area contributed by atoms with Gasteiger partial charge in [0.15, 0.2) is 0 Å². The molecule has 6 aromatic carbocycles. The van der Waals surface area contributed by atoms with E-state index in [-0.39, 0.29) is 5.92 Å². The summed E-state index contributed by atoms with van der Waals surface area (Å²) in [4.78, 5) is 0. The molecule has 0 spiro atoms. The summed E-state index contributed by atoms with van der Waals surface area (Å²) in [6, 6.07) is 58.3. The molecular formula is C39H29OP. The molecule has 0 aliphatic heterocycles. The molecule has 1 nitrogen and oxygen atoms in total. The van der Waals surface area contributed by atoms with Crippen molar-refractivity contribution in [1.82, 2.24) is 0 Å². The van der Waals surface area contributed by atoms with Gasteiger partial charge in [0.25, 0.3) is 0 Å². The molecule has 0 amide bonds. The summed E-state index contributed by atoms with van der Waals surface area (Å²) in [5.74, 6) is 1.81. The molecule has 0 radical (unpaired) electrons. The molecule has 0 saturated carbocycles. The third-order valence-electron chi connectivity index (χ3n) is 7.60. The topological polar surface area (TPSA) is 9.23 Å². The van der Waals surface area contributed by atoms with Crippen LogP contribution in [0.3, 0.4) is 0 Å². The highest BCUT2D eigenvalue weighted by atomic mass is 31.1. The Morgan fingerprint density at radius 2 is 1.02 bits per heavy atom. The largest absolute Gasteiger partial charge is 0.457 e. The zero-order chi connectivity index (χ0) is 27.4. The summed E-state index contributed by atoms with van der Waals surface area (Å²) in [5.41, 5.74) is 6.55.